The van der Waals surface area contributed by atoms with Crippen LogP contribution in [0.3, 0.4) is 0 Å². The molecule has 0 saturated heterocycles. The number of rotatable bonds is 3. The van der Waals surface area contributed by atoms with Crippen LogP contribution in [0.5, 0.6) is 0 Å². The number of para-hydroxylation sites is 1. The average Bonchev–Trinajstić information content (AvgIpc) is 2.18. The van der Waals surface area contributed by atoms with Crippen LogP contribution >= 0.6 is 11.6 Å². The molecule has 4 heteroatoms. The van der Waals surface area contributed by atoms with Gasteiger partial charge in [0.1, 0.15) is 0 Å². The zero-order valence-electron chi connectivity index (χ0n) is 8.00. The van der Waals surface area contributed by atoms with Gasteiger partial charge in [-0.05, 0) is 12.1 Å². The highest BCUT2D eigenvalue weighted by atomic mass is 35.5. The van der Waals surface area contributed by atoms with Crippen molar-refractivity contribution in [1.29, 1.82) is 5.26 Å². The molecule has 0 radical (unpaired) electrons. The summed E-state index contributed by atoms with van der Waals surface area (Å²) < 4.78 is 0. The first-order valence-corrected chi connectivity index (χ1v) is 4.66. The van der Waals surface area contributed by atoms with Crippen LogP contribution < -0.4 is 10.6 Å². The Morgan fingerprint density at radius 1 is 1.57 bits per heavy atom. The number of nitrogens with two attached hydrogens (primary N) is 1. The number of hydrogen-bond acceptors (Lipinski definition) is 3. The van der Waals surface area contributed by atoms with E-state index < -0.39 is 0 Å². The summed E-state index contributed by atoms with van der Waals surface area (Å²) in [4.78, 5) is 1.92. The van der Waals surface area contributed by atoms with E-state index in [0.717, 1.165) is 5.69 Å². The third-order valence-corrected chi connectivity index (χ3v) is 2.33. The van der Waals surface area contributed by atoms with E-state index in [1.54, 1.807) is 6.07 Å². The van der Waals surface area contributed by atoms with E-state index in [1.165, 1.54) is 0 Å². The van der Waals surface area contributed by atoms with Gasteiger partial charge < -0.3 is 10.6 Å². The van der Waals surface area contributed by atoms with E-state index >= 15 is 0 Å². The minimum absolute atomic E-state index is 0.475. The molecule has 2 N–H and O–H groups in total. The smallest absolute Gasteiger partial charge is 0.0741 e. The second kappa shape index (κ2) is 4.73. The number of benzene rings is 1. The largest absolute Gasteiger partial charge is 0.396 e. The van der Waals surface area contributed by atoms with Gasteiger partial charge in [0.15, 0.2) is 0 Å². The molecule has 0 spiro atoms. The molecule has 0 bridgehead atoms. The lowest BCUT2D eigenvalue weighted by Crippen LogP contribution is -2.19. The van der Waals surface area contributed by atoms with Gasteiger partial charge in [0.25, 0.3) is 0 Å². The minimum Gasteiger partial charge on any atom is -0.396 e. The fraction of sp³-hybridized carbons (Fsp3) is 0.300. The summed E-state index contributed by atoms with van der Waals surface area (Å²) in [6, 6.07) is 7.57. The quantitative estimate of drug-likeness (QED) is 0.778. The summed E-state index contributed by atoms with van der Waals surface area (Å²) in [6.45, 7) is 0.654. The number of hydrogen-bond donors (Lipinski definition) is 1. The number of anilines is 2. The van der Waals surface area contributed by atoms with Crippen molar-refractivity contribution in [2.75, 3.05) is 24.2 Å². The fourth-order valence-corrected chi connectivity index (χ4v) is 1.37. The highest BCUT2D eigenvalue weighted by Gasteiger charge is 2.06. The second-order valence-electron chi connectivity index (χ2n) is 3.00. The average molecular weight is 210 g/mol. The monoisotopic (exact) mass is 209 g/mol. The zero-order chi connectivity index (χ0) is 10.6. The van der Waals surface area contributed by atoms with Gasteiger partial charge in [0.05, 0.1) is 28.9 Å². The summed E-state index contributed by atoms with van der Waals surface area (Å²) in [7, 11) is 1.89. The van der Waals surface area contributed by atoms with Crippen molar-refractivity contribution in [1.82, 2.24) is 0 Å². The molecule has 0 aliphatic rings. The van der Waals surface area contributed by atoms with Crippen LogP contribution in [0.15, 0.2) is 18.2 Å². The lowest BCUT2D eigenvalue weighted by Gasteiger charge is -2.20. The predicted molar refractivity (Wildman–Crippen MR) is 59.4 cm³/mol. The maximum Gasteiger partial charge on any atom is 0.0741 e. The van der Waals surface area contributed by atoms with Crippen LogP contribution in [-0.2, 0) is 0 Å². The van der Waals surface area contributed by atoms with E-state index in [0.29, 0.717) is 23.7 Å². The highest BCUT2D eigenvalue weighted by molar-refractivity contribution is 6.33. The topological polar surface area (TPSA) is 53.0 Å². The summed E-state index contributed by atoms with van der Waals surface area (Å²) >= 11 is 5.88. The standard InChI is InChI=1S/C10H12ClN3/c1-14(7-3-6-12)9-5-2-4-8(11)10(9)13/h2,4-5H,3,7,13H2,1H3. The summed E-state index contributed by atoms with van der Waals surface area (Å²) in [6.07, 6.45) is 0.475. The van der Waals surface area contributed by atoms with Crippen molar-refractivity contribution >= 4 is 23.0 Å². The maximum absolute atomic E-state index is 8.45. The molecular formula is C10H12ClN3. The van der Waals surface area contributed by atoms with Crippen LogP contribution in [0.2, 0.25) is 5.02 Å². The van der Waals surface area contributed by atoms with Crippen molar-refractivity contribution in [2.24, 2.45) is 0 Å². The maximum atomic E-state index is 8.45. The molecule has 1 aromatic carbocycles. The van der Waals surface area contributed by atoms with Gasteiger partial charge in [-0.1, -0.05) is 17.7 Å². The number of halogens is 1. The Kier molecular flexibility index (Phi) is 3.61. The van der Waals surface area contributed by atoms with E-state index in [-0.39, 0.29) is 0 Å². The van der Waals surface area contributed by atoms with Crippen molar-refractivity contribution in [3.63, 3.8) is 0 Å². The first-order chi connectivity index (χ1) is 6.66. The molecule has 1 rings (SSSR count). The third-order valence-electron chi connectivity index (χ3n) is 2.00. The van der Waals surface area contributed by atoms with Crippen molar-refractivity contribution in [3.8, 4) is 6.07 Å². The Balaban J connectivity index is 2.85. The lowest BCUT2D eigenvalue weighted by atomic mass is 10.2. The van der Waals surface area contributed by atoms with Gasteiger partial charge in [-0.3, -0.25) is 0 Å². The SMILES string of the molecule is CN(CCC#N)c1cccc(Cl)c1N. The zero-order valence-corrected chi connectivity index (χ0v) is 8.75. The van der Waals surface area contributed by atoms with Crippen LogP contribution in [-0.4, -0.2) is 13.6 Å². The molecule has 0 atom stereocenters. The molecule has 0 unspecified atom stereocenters. The van der Waals surface area contributed by atoms with Crippen molar-refractivity contribution in [2.45, 2.75) is 6.42 Å². The molecule has 3 nitrogen and oxygen atoms in total. The minimum atomic E-state index is 0.475. The van der Waals surface area contributed by atoms with E-state index in [9.17, 15) is 0 Å². The van der Waals surface area contributed by atoms with Crippen LogP contribution in [0, 0.1) is 11.3 Å². The van der Waals surface area contributed by atoms with Gasteiger partial charge >= 0.3 is 0 Å². The fourth-order valence-electron chi connectivity index (χ4n) is 1.20. The Hall–Kier alpha value is -1.40. The normalized spacial score (nSPS) is 9.50. The summed E-state index contributed by atoms with van der Waals surface area (Å²) in [5, 5.41) is 9.00. The summed E-state index contributed by atoms with van der Waals surface area (Å²) in [5.41, 5.74) is 7.23. The molecule has 0 saturated carbocycles. The number of nitrogen functional groups attached to an aromatic ring is 1. The Morgan fingerprint density at radius 2 is 2.29 bits per heavy atom. The molecule has 0 fully saturated rings. The van der Waals surface area contributed by atoms with Crippen LogP contribution in [0.4, 0.5) is 11.4 Å². The van der Waals surface area contributed by atoms with Gasteiger partial charge in [0.2, 0.25) is 0 Å². The third kappa shape index (κ3) is 2.30. The Labute approximate surface area is 88.7 Å². The van der Waals surface area contributed by atoms with E-state index in [1.807, 2.05) is 24.1 Å². The van der Waals surface area contributed by atoms with Gasteiger partial charge in [0, 0.05) is 13.6 Å². The lowest BCUT2D eigenvalue weighted by molar-refractivity contribution is 0.907. The van der Waals surface area contributed by atoms with E-state index in [4.69, 9.17) is 22.6 Å². The first-order valence-electron chi connectivity index (χ1n) is 4.29. The second-order valence-corrected chi connectivity index (χ2v) is 3.41. The molecule has 0 aromatic heterocycles. The van der Waals surface area contributed by atoms with Gasteiger partial charge in [-0.25, -0.2) is 0 Å². The van der Waals surface area contributed by atoms with Crippen molar-refractivity contribution in [3.05, 3.63) is 23.2 Å². The predicted octanol–water partition coefficient (Wildman–Crippen LogP) is 2.27. The number of nitrogens with zero attached hydrogens (tertiary/aromatic N) is 2. The van der Waals surface area contributed by atoms with E-state index in [2.05, 4.69) is 6.07 Å². The molecule has 14 heavy (non-hydrogen) atoms. The first kappa shape index (κ1) is 10.7. The molecule has 0 amide bonds. The van der Waals surface area contributed by atoms with Crippen LogP contribution in [0.25, 0.3) is 0 Å². The molecule has 0 aliphatic carbocycles. The molecular weight excluding hydrogens is 198 g/mol. The Bertz CT molecular complexity index is 357. The van der Waals surface area contributed by atoms with Gasteiger partial charge in [-0.15, -0.1) is 0 Å². The number of nitriles is 1. The van der Waals surface area contributed by atoms with Crippen LogP contribution in [0.1, 0.15) is 6.42 Å². The molecule has 0 aliphatic heterocycles. The molecule has 0 heterocycles. The van der Waals surface area contributed by atoms with Crippen molar-refractivity contribution < 1.29 is 0 Å². The summed E-state index contributed by atoms with van der Waals surface area (Å²) in [5.74, 6) is 0. The molecule has 1 aromatic rings. The Morgan fingerprint density at radius 3 is 2.93 bits per heavy atom. The highest BCUT2D eigenvalue weighted by Crippen LogP contribution is 2.29. The van der Waals surface area contributed by atoms with Gasteiger partial charge in [-0.2, -0.15) is 5.26 Å². The molecule has 74 valence electrons.